The first kappa shape index (κ1) is 12.4. The van der Waals surface area contributed by atoms with Crippen molar-refractivity contribution in [2.75, 3.05) is 18.5 Å². The summed E-state index contributed by atoms with van der Waals surface area (Å²) in [6.45, 7) is 5.32. The van der Waals surface area contributed by atoms with Gasteiger partial charge in [0.15, 0.2) is 0 Å². The van der Waals surface area contributed by atoms with E-state index in [1.165, 1.54) is 18.5 Å². The molecule has 3 nitrogen and oxygen atoms in total. The predicted octanol–water partition coefficient (Wildman–Crippen LogP) is 2.74. The zero-order valence-corrected chi connectivity index (χ0v) is 11.1. The van der Waals surface area contributed by atoms with E-state index < -0.39 is 0 Å². The van der Waals surface area contributed by atoms with Gasteiger partial charge in [0.25, 0.3) is 0 Å². The minimum atomic E-state index is 0.389. The minimum Gasteiger partial charge on any atom is -0.370 e. The van der Waals surface area contributed by atoms with Gasteiger partial charge in [-0.2, -0.15) is 0 Å². The zero-order valence-electron chi connectivity index (χ0n) is 11.1. The fraction of sp³-hybridized carbons (Fsp3) is 0.643. The maximum absolute atomic E-state index is 4.60. The number of rotatable bonds is 6. The van der Waals surface area contributed by atoms with Crippen LogP contribution in [-0.2, 0) is 0 Å². The Hall–Kier alpha value is -1.09. The van der Waals surface area contributed by atoms with Crippen LogP contribution in [0.2, 0.25) is 0 Å². The van der Waals surface area contributed by atoms with Gasteiger partial charge in [0.2, 0.25) is 0 Å². The molecule has 2 rings (SSSR count). The molecule has 1 saturated carbocycles. The molecule has 0 aliphatic heterocycles. The molecule has 17 heavy (non-hydrogen) atoms. The van der Waals surface area contributed by atoms with E-state index >= 15 is 0 Å². The molecule has 1 aliphatic carbocycles. The van der Waals surface area contributed by atoms with E-state index in [9.17, 15) is 0 Å². The predicted molar refractivity (Wildman–Crippen MR) is 72.4 cm³/mol. The molecule has 0 radical (unpaired) electrons. The van der Waals surface area contributed by atoms with Crippen LogP contribution in [0.15, 0.2) is 18.3 Å². The maximum atomic E-state index is 4.60. The summed E-state index contributed by atoms with van der Waals surface area (Å²) >= 11 is 0. The van der Waals surface area contributed by atoms with Gasteiger partial charge in [-0.05, 0) is 37.9 Å². The summed E-state index contributed by atoms with van der Waals surface area (Å²) < 4.78 is 0. The fourth-order valence-corrected chi connectivity index (χ4v) is 2.19. The molecule has 1 atom stereocenters. The maximum Gasteiger partial charge on any atom is 0.0574 e. The lowest BCUT2D eigenvalue weighted by atomic mass is 10.1. The Labute approximate surface area is 104 Å². The van der Waals surface area contributed by atoms with Crippen molar-refractivity contribution < 1.29 is 0 Å². The van der Waals surface area contributed by atoms with Gasteiger partial charge in [-0.3, -0.25) is 4.98 Å². The van der Waals surface area contributed by atoms with Gasteiger partial charge in [0.05, 0.1) is 17.6 Å². The second-order valence-electron chi connectivity index (χ2n) is 4.80. The molecule has 0 saturated heterocycles. The summed E-state index contributed by atoms with van der Waals surface area (Å²) in [5, 5.41) is 3.46. The van der Waals surface area contributed by atoms with Gasteiger partial charge in [0.1, 0.15) is 0 Å². The largest absolute Gasteiger partial charge is 0.370 e. The summed E-state index contributed by atoms with van der Waals surface area (Å²) in [5.74, 6) is 0. The molecule has 1 unspecified atom stereocenters. The molecule has 1 N–H and O–H groups in total. The topological polar surface area (TPSA) is 28.2 Å². The summed E-state index contributed by atoms with van der Waals surface area (Å²) in [6.07, 6.45) is 5.74. The van der Waals surface area contributed by atoms with Gasteiger partial charge >= 0.3 is 0 Å². The van der Waals surface area contributed by atoms with Crippen LogP contribution in [0, 0.1) is 0 Å². The molecule has 0 spiro atoms. The lowest BCUT2D eigenvalue weighted by molar-refractivity contribution is 0.525. The number of aromatic nitrogens is 1. The highest BCUT2D eigenvalue weighted by molar-refractivity contribution is 5.46. The number of nitrogens with one attached hydrogen (secondary N) is 1. The molecular formula is C14H23N3. The first-order chi connectivity index (χ1) is 8.26. The van der Waals surface area contributed by atoms with E-state index in [-0.39, 0.29) is 0 Å². The van der Waals surface area contributed by atoms with E-state index in [4.69, 9.17) is 0 Å². The Morgan fingerprint density at radius 3 is 2.65 bits per heavy atom. The van der Waals surface area contributed by atoms with Crippen LogP contribution in [0.25, 0.3) is 0 Å². The summed E-state index contributed by atoms with van der Waals surface area (Å²) in [6, 6.07) is 5.49. The summed E-state index contributed by atoms with van der Waals surface area (Å²) in [5.41, 5.74) is 2.39. The second kappa shape index (κ2) is 5.50. The van der Waals surface area contributed by atoms with E-state index in [0.29, 0.717) is 6.04 Å². The third kappa shape index (κ3) is 2.97. The SMILES string of the molecule is CCNC(CC)c1ccc(N(C)C2CC2)cn1. The number of anilines is 1. The first-order valence-electron chi connectivity index (χ1n) is 6.68. The second-order valence-corrected chi connectivity index (χ2v) is 4.80. The van der Waals surface area contributed by atoms with Crippen molar-refractivity contribution in [3.8, 4) is 0 Å². The van der Waals surface area contributed by atoms with Crippen molar-refractivity contribution >= 4 is 5.69 Å². The lowest BCUT2D eigenvalue weighted by Gasteiger charge is -2.20. The summed E-state index contributed by atoms with van der Waals surface area (Å²) in [7, 11) is 2.16. The molecule has 1 aliphatic rings. The van der Waals surface area contributed by atoms with Crippen molar-refractivity contribution in [3.05, 3.63) is 24.0 Å². The van der Waals surface area contributed by atoms with E-state index in [1.807, 2.05) is 6.20 Å². The van der Waals surface area contributed by atoms with E-state index in [2.05, 4.69) is 48.2 Å². The number of hydrogen-bond acceptors (Lipinski definition) is 3. The lowest BCUT2D eigenvalue weighted by Crippen LogP contribution is -2.22. The quantitative estimate of drug-likeness (QED) is 0.819. The van der Waals surface area contributed by atoms with Crippen LogP contribution in [0.1, 0.15) is 44.8 Å². The van der Waals surface area contributed by atoms with Gasteiger partial charge in [-0.15, -0.1) is 0 Å². The monoisotopic (exact) mass is 233 g/mol. The van der Waals surface area contributed by atoms with E-state index in [1.54, 1.807) is 0 Å². The summed E-state index contributed by atoms with van der Waals surface area (Å²) in [4.78, 5) is 6.93. The standard InChI is InChI=1S/C14H23N3/c1-4-13(15-5-2)14-9-8-12(10-16-14)17(3)11-6-7-11/h8-11,13,15H,4-7H2,1-3H3. The number of hydrogen-bond donors (Lipinski definition) is 1. The molecule has 1 heterocycles. The Kier molecular flexibility index (Phi) is 4.00. The van der Waals surface area contributed by atoms with Crippen LogP contribution in [0.3, 0.4) is 0 Å². The molecule has 1 aromatic heterocycles. The van der Waals surface area contributed by atoms with Crippen molar-refractivity contribution in [1.82, 2.24) is 10.3 Å². The van der Waals surface area contributed by atoms with Gasteiger partial charge in [-0.25, -0.2) is 0 Å². The fourth-order valence-electron chi connectivity index (χ4n) is 2.19. The van der Waals surface area contributed by atoms with Crippen LogP contribution < -0.4 is 10.2 Å². The molecule has 0 amide bonds. The van der Waals surface area contributed by atoms with Crippen molar-refractivity contribution in [2.24, 2.45) is 0 Å². The van der Waals surface area contributed by atoms with Gasteiger partial charge in [0, 0.05) is 19.1 Å². The van der Waals surface area contributed by atoms with Crippen molar-refractivity contribution in [1.29, 1.82) is 0 Å². The molecule has 0 aromatic carbocycles. The first-order valence-corrected chi connectivity index (χ1v) is 6.68. The molecular weight excluding hydrogens is 210 g/mol. The van der Waals surface area contributed by atoms with Gasteiger partial charge in [-0.1, -0.05) is 13.8 Å². The molecule has 1 fully saturated rings. The Bertz CT molecular complexity index is 343. The van der Waals surface area contributed by atoms with Crippen LogP contribution in [-0.4, -0.2) is 24.6 Å². The van der Waals surface area contributed by atoms with Crippen LogP contribution >= 0.6 is 0 Å². The van der Waals surface area contributed by atoms with Crippen LogP contribution in [0.5, 0.6) is 0 Å². The average Bonchev–Trinajstić information content (AvgIpc) is 3.19. The average molecular weight is 233 g/mol. The zero-order chi connectivity index (χ0) is 12.3. The normalized spacial score (nSPS) is 16.9. The van der Waals surface area contributed by atoms with Crippen molar-refractivity contribution in [3.63, 3.8) is 0 Å². The molecule has 0 bridgehead atoms. The Morgan fingerprint density at radius 1 is 1.41 bits per heavy atom. The minimum absolute atomic E-state index is 0.389. The van der Waals surface area contributed by atoms with Gasteiger partial charge < -0.3 is 10.2 Å². The molecule has 94 valence electrons. The third-order valence-electron chi connectivity index (χ3n) is 3.49. The highest BCUT2D eigenvalue weighted by Crippen LogP contribution is 2.30. The molecule has 1 aromatic rings. The third-order valence-corrected chi connectivity index (χ3v) is 3.49. The van der Waals surface area contributed by atoms with Crippen LogP contribution in [0.4, 0.5) is 5.69 Å². The highest BCUT2D eigenvalue weighted by atomic mass is 15.2. The Morgan fingerprint density at radius 2 is 2.18 bits per heavy atom. The smallest absolute Gasteiger partial charge is 0.0574 e. The molecule has 3 heteroatoms. The van der Waals surface area contributed by atoms with Crippen molar-refractivity contribution in [2.45, 2.75) is 45.2 Å². The number of nitrogens with zero attached hydrogens (tertiary/aromatic N) is 2. The number of pyridine rings is 1. The highest BCUT2D eigenvalue weighted by Gasteiger charge is 2.26. The Balaban J connectivity index is 2.05. The van der Waals surface area contributed by atoms with E-state index in [0.717, 1.165) is 24.7 Å².